The zero-order chi connectivity index (χ0) is 15.2. The summed E-state index contributed by atoms with van der Waals surface area (Å²) in [5.41, 5.74) is 5.30. The van der Waals surface area contributed by atoms with Gasteiger partial charge in [-0.2, -0.15) is 0 Å². The quantitative estimate of drug-likeness (QED) is 0.745. The second-order valence-corrected chi connectivity index (χ2v) is 6.33. The van der Waals surface area contributed by atoms with Crippen molar-refractivity contribution >= 4 is 21.6 Å². The van der Waals surface area contributed by atoms with E-state index in [-0.39, 0.29) is 29.8 Å². The minimum Gasteiger partial charge on any atom is -0.487 e. The van der Waals surface area contributed by atoms with Crippen LogP contribution in [0.25, 0.3) is 0 Å². The van der Waals surface area contributed by atoms with E-state index in [0.29, 0.717) is 11.6 Å². The number of hydrogen-bond acceptors (Lipinski definition) is 5. The standard InChI is InChI=1S/C12H19ClN2O4S/c1-9(8-18-2)19-11-4-3-10(13)7-12(11)20(16,17)15-6-5-14/h3-4,7,9,15H,5-6,8,14H2,1-2H3. The van der Waals surface area contributed by atoms with Gasteiger partial charge in [-0.05, 0) is 25.1 Å². The molecule has 20 heavy (non-hydrogen) atoms. The van der Waals surface area contributed by atoms with E-state index in [4.69, 9.17) is 26.8 Å². The fourth-order valence-electron chi connectivity index (χ4n) is 1.55. The Hall–Kier alpha value is -0.860. The molecule has 0 aliphatic heterocycles. The summed E-state index contributed by atoms with van der Waals surface area (Å²) in [5, 5.41) is 0.310. The number of hydrogen-bond donors (Lipinski definition) is 2. The summed E-state index contributed by atoms with van der Waals surface area (Å²) in [5.74, 6) is 0.225. The van der Waals surface area contributed by atoms with Crippen molar-refractivity contribution in [2.24, 2.45) is 5.73 Å². The predicted octanol–water partition coefficient (Wildman–Crippen LogP) is 0.991. The van der Waals surface area contributed by atoms with Gasteiger partial charge in [0.25, 0.3) is 0 Å². The van der Waals surface area contributed by atoms with Gasteiger partial charge >= 0.3 is 0 Å². The molecule has 0 aliphatic rings. The van der Waals surface area contributed by atoms with Gasteiger partial charge < -0.3 is 15.2 Å². The second-order valence-electron chi connectivity index (χ2n) is 4.16. The fourth-order valence-corrected chi connectivity index (χ4v) is 2.99. The van der Waals surface area contributed by atoms with Crippen LogP contribution in [-0.4, -0.2) is 41.3 Å². The molecule has 1 aromatic rings. The third-order valence-corrected chi connectivity index (χ3v) is 4.08. The third-order valence-electron chi connectivity index (χ3n) is 2.36. The van der Waals surface area contributed by atoms with Crippen LogP contribution in [0, 0.1) is 0 Å². The van der Waals surface area contributed by atoms with Crippen molar-refractivity contribution in [3.05, 3.63) is 23.2 Å². The van der Waals surface area contributed by atoms with Gasteiger partial charge in [0, 0.05) is 25.2 Å². The van der Waals surface area contributed by atoms with Gasteiger partial charge in [-0.25, -0.2) is 13.1 Å². The van der Waals surface area contributed by atoms with Crippen LogP contribution in [0.5, 0.6) is 5.75 Å². The van der Waals surface area contributed by atoms with Gasteiger partial charge in [-0.1, -0.05) is 11.6 Å². The lowest BCUT2D eigenvalue weighted by molar-refractivity contribution is 0.0901. The molecule has 0 saturated carbocycles. The Bertz CT molecular complexity index is 536. The first kappa shape index (κ1) is 17.2. The van der Waals surface area contributed by atoms with Crippen LogP contribution in [0.4, 0.5) is 0 Å². The van der Waals surface area contributed by atoms with E-state index in [1.165, 1.54) is 12.1 Å². The summed E-state index contributed by atoms with van der Waals surface area (Å²) in [6.45, 7) is 2.47. The SMILES string of the molecule is COCC(C)Oc1ccc(Cl)cc1S(=O)(=O)NCCN. The lowest BCUT2D eigenvalue weighted by Gasteiger charge is -2.17. The highest BCUT2D eigenvalue weighted by atomic mass is 35.5. The van der Waals surface area contributed by atoms with Crippen LogP contribution in [0.3, 0.4) is 0 Å². The van der Waals surface area contributed by atoms with Crippen LogP contribution in [0.15, 0.2) is 23.1 Å². The first-order valence-corrected chi connectivity index (χ1v) is 7.91. The van der Waals surface area contributed by atoms with Crippen molar-refractivity contribution in [3.63, 3.8) is 0 Å². The number of methoxy groups -OCH3 is 1. The fraction of sp³-hybridized carbons (Fsp3) is 0.500. The van der Waals surface area contributed by atoms with Gasteiger partial charge in [0.05, 0.1) is 6.61 Å². The molecule has 0 radical (unpaired) electrons. The van der Waals surface area contributed by atoms with Crippen LogP contribution in [-0.2, 0) is 14.8 Å². The second kappa shape index (κ2) is 7.80. The Labute approximate surface area is 124 Å². The van der Waals surface area contributed by atoms with Crippen LogP contribution in [0.2, 0.25) is 5.02 Å². The van der Waals surface area contributed by atoms with E-state index < -0.39 is 10.0 Å². The Kier molecular flexibility index (Phi) is 6.70. The molecule has 1 aromatic carbocycles. The highest BCUT2D eigenvalue weighted by Crippen LogP contribution is 2.28. The summed E-state index contributed by atoms with van der Waals surface area (Å²) in [4.78, 5) is -0.0126. The zero-order valence-electron chi connectivity index (χ0n) is 11.4. The maximum atomic E-state index is 12.2. The van der Waals surface area contributed by atoms with Gasteiger partial charge in [-0.3, -0.25) is 0 Å². The first-order valence-electron chi connectivity index (χ1n) is 6.05. The summed E-state index contributed by atoms with van der Waals surface area (Å²) in [6.07, 6.45) is -0.287. The van der Waals surface area contributed by atoms with Gasteiger partial charge in [0.15, 0.2) is 0 Å². The molecular formula is C12H19ClN2O4S. The lowest BCUT2D eigenvalue weighted by Crippen LogP contribution is -2.30. The molecule has 0 fully saturated rings. The number of benzene rings is 1. The molecule has 0 heterocycles. The lowest BCUT2D eigenvalue weighted by atomic mass is 10.3. The molecule has 1 rings (SSSR count). The smallest absolute Gasteiger partial charge is 0.244 e. The number of nitrogens with two attached hydrogens (primary N) is 1. The third kappa shape index (κ3) is 4.92. The summed E-state index contributed by atoms with van der Waals surface area (Å²) >= 11 is 5.86. The van der Waals surface area contributed by atoms with Crippen molar-refractivity contribution in [2.45, 2.75) is 17.9 Å². The summed E-state index contributed by atoms with van der Waals surface area (Å²) in [7, 11) is -2.17. The van der Waals surface area contributed by atoms with Crippen molar-refractivity contribution in [2.75, 3.05) is 26.8 Å². The van der Waals surface area contributed by atoms with E-state index in [2.05, 4.69) is 4.72 Å². The number of nitrogens with one attached hydrogen (secondary N) is 1. The number of sulfonamides is 1. The van der Waals surface area contributed by atoms with Crippen molar-refractivity contribution in [3.8, 4) is 5.75 Å². The zero-order valence-corrected chi connectivity index (χ0v) is 13.0. The molecule has 0 amide bonds. The minimum absolute atomic E-state index is 0.0126. The Balaban J connectivity index is 3.07. The van der Waals surface area contributed by atoms with Gasteiger partial charge in [0.1, 0.15) is 16.7 Å². The van der Waals surface area contributed by atoms with E-state index >= 15 is 0 Å². The average molecular weight is 323 g/mol. The average Bonchev–Trinajstić information content (AvgIpc) is 2.39. The monoisotopic (exact) mass is 322 g/mol. The highest BCUT2D eigenvalue weighted by Gasteiger charge is 2.21. The van der Waals surface area contributed by atoms with Gasteiger partial charge in [0.2, 0.25) is 10.0 Å². The molecule has 0 bridgehead atoms. The van der Waals surface area contributed by atoms with Crippen molar-refractivity contribution < 1.29 is 17.9 Å². The van der Waals surface area contributed by atoms with E-state index in [9.17, 15) is 8.42 Å². The first-order chi connectivity index (χ1) is 9.40. The molecule has 0 aliphatic carbocycles. The van der Waals surface area contributed by atoms with E-state index in [1.807, 2.05) is 0 Å². The molecule has 114 valence electrons. The van der Waals surface area contributed by atoms with Crippen LogP contribution < -0.4 is 15.2 Å². The maximum absolute atomic E-state index is 12.2. The molecule has 0 aromatic heterocycles. The van der Waals surface area contributed by atoms with Crippen LogP contribution in [0.1, 0.15) is 6.92 Å². The van der Waals surface area contributed by atoms with Crippen molar-refractivity contribution in [1.29, 1.82) is 0 Å². The van der Waals surface area contributed by atoms with Crippen molar-refractivity contribution in [1.82, 2.24) is 4.72 Å². The number of halogens is 1. The minimum atomic E-state index is -3.72. The van der Waals surface area contributed by atoms with E-state index in [0.717, 1.165) is 0 Å². The molecule has 8 heteroatoms. The topological polar surface area (TPSA) is 90.6 Å². The Morgan fingerprint density at radius 3 is 2.75 bits per heavy atom. The highest BCUT2D eigenvalue weighted by molar-refractivity contribution is 7.89. The molecule has 0 saturated heterocycles. The number of ether oxygens (including phenoxy) is 2. The normalized spacial score (nSPS) is 13.2. The van der Waals surface area contributed by atoms with Gasteiger partial charge in [-0.15, -0.1) is 0 Å². The number of rotatable bonds is 8. The molecule has 3 N–H and O–H groups in total. The molecule has 1 atom stereocenters. The predicted molar refractivity (Wildman–Crippen MR) is 77.7 cm³/mol. The molecule has 0 spiro atoms. The van der Waals surface area contributed by atoms with E-state index in [1.54, 1.807) is 20.1 Å². The van der Waals surface area contributed by atoms with Crippen LogP contribution >= 0.6 is 11.6 Å². The Morgan fingerprint density at radius 1 is 1.45 bits per heavy atom. The maximum Gasteiger partial charge on any atom is 0.244 e. The summed E-state index contributed by atoms with van der Waals surface area (Å²) in [6, 6.07) is 4.43. The summed E-state index contributed by atoms with van der Waals surface area (Å²) < 4.78 is 37.2. The molecule has 6 nitrogen and oxygen atoms in total. The Morgan fingerprint density at radius 2 is 2.15 bits per heavy atom. The largest absolute Gasteiger partial charge is 0.487 e. The molecular weight excluding hydrogens is 304 g/mol. The molecule has 1 unspecified atom stereocenters.